The molecule has 0 aromatic carbocycles. The Morgan fingerprint density at radius 1 is 1.30 bits per heavy atom. The van der Waals surface area contributed by atoms with E-state index in [-0.39, 0.29) is 11.2 Å². The smallest absolute Gasteiger partial charge is 0.315 e. The molecular weight excluding hydrogens is 254 g/mol. The average Bonchev–Trinajstić information content (AvgIpc) is 2.46. The second kappa shape index (κ2) is 7.43. The van der Waals surface area contributed by atoms with E-state index in [2.05, 4.69) is 10.3 Å². The first-order valence-electron chi connectivity index (χ1n) is 7.74. The first-order chi connectivity index (χ1) is 9.70. The van der Waals surface area contributed by atoms with Crippen molar-refractivity contribution in [2.24, 2.45) is 5.92 Å². The van der Waals surface area contributed by atoms with Crippen molar-refractivity contribution in [3.8, 4) is 0 Å². The van der Waals surface area contributed by atoms with Gasteiger partial charge >= 0.3 is 5.69 Å². The summed E-state index contributed by atoms with van der Waals surface area (Å²) in [7, 11) is 0. The van der Waals surface area contributed by atoms with Crippen molar-refractivity contribution in [1.82, 2.24) is 14.9 Å². The fourth-order valence-corrected chi connectivity index (χ4v) is 2.87. The third kappa shape index (κ3) is 4.07. The summed E-state index contributed by atoms with van der Waals surface area (Å²) in [5.41, 5.74) is 0.0902. The fourth-order valence-electron chi connectivity index (χ4n) is 2.87. The molecule has 2 N–H and O–H groups in total. The predicted molar refractivity (Wildman–Crippen MR) is 80.1 cm³/mol. The Morgan fingerprint density at radius 2 is 2.05 bits per heavy atom. The van der Waals surface area contributed by atoms with Gasteiger partial charge < -0.3 is 5.32 Å². The van der Waals surface area contributed by atoms with E-state index in [0.29, 0.717) is 18.5 Å². The minimum Gasteiger partial charge on any atom is -0.315 e. The molecule has 1 aliphatic carbocycles. The summed E-state index contributed by atoms with van der Waals surface area (Å²) in [6, 6.07) is 0. The minimum atomic E-state index is -0.313. The summed E-state index contributed by atoms with van der Waals surface area (Å²) in [6.07, 6.45) is 9.06. The van der Waals surface area contributed by atoms with Crippen LogP contribution in [0.1, 0.15) is 44.6 Å². The van der Waals surface area contributed by atoms with Gasteiger partial charge in [0.05, 0.1) is 0 Å². The maximum Gasteiger partial charge on any atom is 0.328 e. The van der Waals surface area contributed by atoms with E-state index in [0.717, 1.165) is 19.0 Å². The van der Waals surface area contributed by atoms with Crippen LogP contribution in [0.5, 0.6) is 0 Å². The van der Waals surface area contributed by atoms with Crippen molar-refractivity contribution in [3.05, 3.63) is 32.6 Å². The summed E-state index contributed by atoms with van der Waals surface area (Å²) >= 11 is 0. The van der Waals surface area contributed by atoms with E-state index in [1.165, 1.54) is 32.1 Å². The van der Waals surface area contributed by atoms with Gasteiger partial charge in [-0.1, -0.05) is 26.2 Å². The third-order valence-electron chi connectivity index (χ3n) is 4.15. The zero-order valence-electron chi connectivity index (χ0n) is 12.3. The SMILES string of the molecule is CCc1cn(CCNCC2CCCCC2)c(=O)[nH]c1=O. The Kier molecular flexibility index (Phi) is 5.59. The van der Waals surface area contributed by atoms with Crippen molar-refractivity contribution in [2.75, 3.05) is 13.1 Å². The second-order valence-electron chi connectivity index (χ2n) is 5.67. The van der Waals surface area contributed by atoms with Gasteiger partial charge in [-0.25, -0.2) is 4.79 Å². The van der Waals surface area contributed by atoms with Crippen LogP contribution >= 0.6 is 0 Å². The van der Waals surface area contributed by atoms with Gasteiger partial charge in [0.25, 0.3) is 5.56 Å². The van der Waals surface area contributed by atoms with Crippen molar-refractivity contribution in [2.45, 2.75) is 52.0 Å². The third-order valence-corrected chi connectivity index (χ3v) is 4.15. The van der Waals surface area contributed by atoms with Crippen molar-refractivity contribution in [3.63, 3.8) is 0 Å². The summed E-state index contributed by atoms with van der Waals surface area (Å²) in [4.78, 5) is 25.5. The number of H-pyrrole nitrogens is 1. The lowest BCUT2D eigenvalue weighted by Gasteiger charge is -2.21. The monoisotopic (exact) mass is 279 g/mol. The van der Waals surface area contributed by atoms with Gasteiger partial charge in [0.15, 0.2) is 0 Å². The summed E-state index contributed by atoms with van der Waals surface area (Å²) in [5.74, 6) is 0.794. The Morgan fingerprint density at radius 3 is 2.75 bits per heavy atom. The van der Waals surface area contributed by atoms with Crippen LogP contribution < -0.4 is 16.6 Å². The van der Waals surface area contributed by atoms with Crippen LogP contribution in [0.25, 0.3) is 0 Å². The van der Waals surface area contributed by atoms with Gasteiger partial charge in [-0.15, -0.1) is 0 Å². The Hall–Kier alpha value is -1.36. The van der Waals surface area contributed by atoms with E-state index in [1.54, 1.807) is 10.8 Å². The quantitative estimate of drug-likeness (QED) is 0.771. The lowest BCUT2D eigenvalue weighted by Crippen LogP contribution is -2.35. The van der Waals surface area contributed by atoms with Gasteiger partial charge in [0.2, 0.25) is 0 Å². The molecule has 1 fully saturated rings. The molecule has 0 spiro atoms. The van der Waals surface area contributed by atoms with E-state index in [1.807, 2.05) is 6.92 Å². The molecule has 112 valence electrons. The highest BCUT2D eigenvalue weighted by atomic mass is 16.2. The first kappa shape index (κ1) is 15.0. The number of hydrogen-bond acceptors (Lipinski definition) is 3. The van der Waals surface area contributed by atoms with Crippen LogP contribution in [0.15, 0.2) is 15.8 Å². The zero-order chi connectivity index (χ0) is 14.4. The molecular formula is C15H25N3O2. The molecule has 5 heteroatoms. The number of nitrogens with zero attached hydrogens (tertiary/aromatic N) is 1. The lowest BCUT2D eigenvalue weighted by atomic mass is 9.89. The standard InChI is InChI=1S/C15H25N3O2/c1-2-13-11-18(15(20)17-14(13)19)9-8-16-10-12-6-4-3-5-7-12/h11-12,16H,2-10H2,1H3,(H,17,19,20). The van der Waals surface area contributed by atoms with Crippen molar-refractivity contribution < 1.29 is 0 Å². The van der Waals surface area contributed by atoms with E-state index >= 15 is 0 Å². The topological polar surface area (TPSA) is 66.9 Å². The molecule has 0 saturated heterocycles. The van der Waals surface area contributed by atoms with Crippen LogP contribution in [0.4, 0.5) is 0 Å². The molecule has 1 aromatic rings. The molecule has 0 aliphatic heterocycles. The van der Waals surface area contributed by atoms with Crippen molar-refractivity contribution >= 4 is 0 Å². The molecule has 0 amide bonds. The summed E-state index contributed by atoms with van der Waals surface area (Å²) in [5, 5.41) is 3.43. The van der Waals surface area contributed by atoms with Gasteiger partial charge in [-0.05, 0) is 31.7 Å². The van der Waals surface area contributed by atoms with Crippen LogP contribution in [0.2, 0.25) is 0 Å². The predicted octanol–water partition coefficient (Wildman–Crippen LogP) is 1.27. The van der Waals surface area contributed by atoms with Crippen LogP contribution in [-0.2, 0) is 13.0 Å². The Bertz CT molecular complexity index is 527. The number of hydrogen-bond donors (Lipinski definition) is 2. The van der Waals surface area contributed by atoms with E-state index in [4.69, 9.17) is 0 Å². The number of aryl methyl sites for hydroxylation is 1. The molecule has 0 atom stereocenters. The molecule has 1 saturated carbocycles. The summed E-state index contributed by atoms with van der Waals surface area (Å²) < 4.78 is 1.59. The Balaban J connectivity index is 1.81. The van der Waals surface area contributed by atoms with Gasteiger partial charge in [-0.3, -0.25) is 14.3 Å². The molecule has 20 heavy (non-hydrogen) atoms. The zero-order valence-corrected chi connectivity index (χ0v) is 12.3. The molecule has 5 nitrogen and oxygen atoms in total. The van der Waals surface area contributed by atoms with Gasteiger partial charge in [0.1, 0.15) is 0 Å². The number of nitrogens with one attached hydrogen (secondary N) is 2. The van der Waals surface area contributed by atoms with Crippen LogP contribution in [-0.4, -0.2) is 22.6 Å². The summed E-state index contributed by atoms with van der Waals surface area (Å²) in [6.45, 7) is 4.33. The van der Waals surface area contributed by atoms with E-state index < -0.39 is 0 Å². The molecule has 1 aliphatic rings. The van der Waals surface area contributed by atoms with Crippen molar-refractivity contribution in [1.29, 1.82) is 0 Å². The van der Waals surface area contributed by atoms with E-state index in [9.17, 15) is 9.59 Å². The molecule has 1 aromatic heterocycles. The highest BCUT2D eigenvalue weighted by molar-refractivity contribution is 5.03. The fraction of sp³-hybridized carbons (Fsp3) is 0.733. The minimum absolute atomic E-state index is 0.260. The van der Waals surface area contributed by atoms with Gasteiger partial charge in [0, 0.05) is 24.8 Å². The van der Waals surface area contributed by atoms with Gasteiger partial charge in [-0.2, -0.15) is 0 Å². The average molecular weight is 279 g/mol. The first-order valence-corrected chi connectivity index (χ1v) is 7.74. The largest absolute Gasteiger partial charge is 0.328 e. The normalized spacial score (nSPS) is 16.4. The molecule has 2 rings (SSSR count). The highest BCUT2D eigenvalue weighted by Crippen LogP contribution is 2.22. The number of aromatic amines is 1. The highest BCUT2D eigenvalue weighted by Gasteiger charge is 2.12. The van der Waals surface area contributed by atoms with Crippen LogP contribution in [0, 0.1) is 5.92 Å². The molecule has 0 bridgehead atoms. The molecule has 0 radical (unpaired) electrons. The Labute approximate surface area is 119 Å². The number of rotatable bonds is 6. The lowest BCUT2D eigenvalue weighted by molar-refractivity contribution is 0.340. The van der Waals surface area contributed by atoms with Crippen LogP contribution in [0.3, 0.4) is 0 Å². The second-order valence-corrected chi connectivity index (χ2v) is 5.67. The molecule has 1 heterocycles. The molecule has 0 unspecified atom stereocenters. The maximum atomic E-state index is 11.7. The maximum absolute atomic E-state index is 11.7. The number of aromatic nitrogens is 2.